The Morgan fingerprint density at radius 1 is 1.29 bits per heavy atom. The zero-order valence-electron chi connectivity index (χ0n) is 11.7. The maximum absolute atomic E-state index is 10.8. The predicted octanol–water partition coefficient (Wildman–Crippen LogP) is 2.98. The lowest BCUT2D eigenvalue weighted by Crippen LogP contribution is -2.11. The molecule has 6 heteroatoms. The lowest BCUT2D eigenvalue weighted by atomic mass is 10.2. The summed E-state index contributed by atoms with van der Waals surface area (Å²) in [4.78, 5) is 10.4. The van der Waals surface area contributed by atoms with E-state index in [-0.39, 0.29) is 5.69 Å². The van der Waals surface area contributed by atoms with Crippen molar-refractivity contribution in [1.82, 2.24) is 0 Å². The van der Waals surface area contributed by atoms with Crippen LogP contribution in [0, 0.1) is 17.0 Å². The first-order chi connectivity index (χ1) is 10.0. The minimum Gasteiger partial charge on any atom is -0.492 e. The van der Waals surface area contributed by atoms with Gasteiger partial charge in [-0.2, -0.15) is 0 Å². The normalized spacial score (nSPS) is 10.1. The van der Waals surface area contributed by atoms with E-state index in [0.29, 0.717) is 30.3 Å². The Labute approximate surface area is 122 Å². The SMILES string of the molecule is Cc1cc(NCCOc2cccc(N)c2)cc([N+](=O)[O-])c1. The van der Waals surface area contributed by atoms with Crippen LogP contribution in [0.25, 0.3) is 0 Å². The minimum atomic E-state index is -0.401. The third kappa shape index (κ3) is 4.38. The van der Waals surface area contributed by atoms with Gasteiger partial charge in [0.05, 0.1) is 4.92 Å². The lowest BCUT2D eigenvalue weighted by molar-refractivity contribution is -0.384. The highest BCUT2D eigenvalue weighted by atomic mass is 16.6. The van der Waals surface area contributed by atoms with Crippen LogP contribution in [-0.2, 0) is 0 Å². The Balaban J connectivity index is 1.87. The number of nitrogen functional groups attached to an aromatic ring is 1. The summed E-state index contributed by atoms with van der Waals surface area (Å²) in [6.45, 7) is 2.79. The highest BCUT2D eigenvalue weighted by molar-refractivity contribution is 5.53. The molecule has 0 fully saturated rings. The summed E-state index contributed by atoms with van der Waals surface area (Å²) in [5.41, 5.74) is 7.92. The Bertz CT molecular complexity index is 644. The summed E-state index contributed by atoms with van der Waals surface area (Å²) in [6, 6.07) is 12.1. The van der Waals surface area contributed by atoms with E-state index < -0.39 is 4.92 Å². The second-order valence-corrected chi connectivity index (χ2v) is 4.66. The van der Waals surface area contributed by atoms with Crippen LogP contribution in [0.3, 0.4) is 0 Å². The first-order valence-electron chi connectivity index (χ1n) is 6.53. The summed E-state index contributed by atoms with van der Waals surface area (Å²) in [5, 5.41) is 13.9. The van der Waals surface area contributed by atoms with E-state index in [2.05, 4.69) is 5.32 Å². The molecule has 0 bridgehead atoms. The van der Waals surface area contributed by atoms with Crippen molar-refractivity contribution >= 4 is 17.1 Å². The smallest absolute Gasteiger partial charge is 0.271 e. The standard InChI is InChI=1S/C15H17N3O3/c1-11-7-13(10-14(8-11)18(19)20)17-5-6-21-15-4-2-3-12(16)9-15/h2-4,7-10,17H,5-6,16H2,1H3. The Morgan fingerprint density at radius 3 is 2.81 bits per heavy atom. The summed E-state index contributed by atoms with van der Waals surface area (Å²) >= 11 is 0. The Hall–Kier alpha value is -2.76. The number of aryl methyl sites for hydroxylation is 1. The zero-order valence-corrected chi connectivity index (χ0v) is 11.7. The molecule has 0 amide bonds. The number of non-ortho nitro benzene ring substituents is 1. The van der Waals surface area contributed by atoms with Crippen molar-refractivity contribution in [3.63, 3.8) is 0 Å². The number of ether oxygens (including phenoxy) is 1. The molecule has 2 rings (SSSR count). The molecule has 0 saturated heterocycles. The van der Waals surface area contributed by atoms with Gasteiger partial charge in [-0.3, -0.25) is 10.1 Å². The third-order valence-electron chi connectivity index (χ3n) is 2.83. The van der Waals surface area contributed by atoms with E-state index in [1.54, 1.807) is 12.1 Å². The van der Waals surface area contributed by atoms with Crippen molar-refractivity contribution in [1.29, 1.82) is 0 Å². The van der Waals surface area contributed by atoms with Crippen LogP contribution in [0.2, 0.25) is 0 Å². The molecule has 21 heavy (non-hydrogen) atoms. The number of nitrogens with one attached hydrogen (secondary N) is 1. The monoisotopic (exact) mass is 287 g/mol. The molecule has 0 spiro atoms. The molecule has 0 atom stereocenters. The maximum atomic E-state index is 10.8. The topological polar surface area (TPSA) is 90.4 Å². The van der Waals surface area contributed by atoms with Crippen molar-refractivity contribution in [2.45, 2.75) is 6.92 Å². The first kappa shape index (κ1) is 14.6. The van der Waals surface area contributed by atoms with Crippen LogP contribution in [0.4, 0.5) is 17.1 Å². The van der Waals surface area contributed by atoms with Crippen molar-refractivity contribution in [2.24, 2.45) is 0 Å². The number of anilines is 2. The molecular formula is C15H17N3O3. The minimum absolute atomic E-state index is 0.0780. The maximum Gasteiger partial charge on any atom is 0.271 e. The molecule has 6 nitrogen and oxygen atoms in total. The van der Waals surface area contributed by atoms with Gasteiger partial charge in [-0.25, -0.2) is 0 Å². The summed E-state index contributed by atoms with van der Waals surface area (Å²) < 4.78 is 5.54. The van der Waals surface area contributed by atoms with Gasteiger partial charge in [0.1, 0.15) is 12.4 Å². The van der Waals surface area contributed by atoms with Crippen molar-refractivity contribution in [3.05, 3.63) is 58.1 Å². The number of hydrogen-bond acceptors (Lipinski definition) is 5. The molecule has 0 aliphatic rings. The average molecular weight is 287 g/mol. The van der Waals surface area contributed by atoms with Gasteiger partial charge < -0.3 is 15.8 Å². The summed E-state index contributed by atoms with van der Waals surface area (Å²) in [7, 11) is 0. The van der Waals surface area contributed by atoms with Crippen molar-refractivity contribution in [3.8, 4) is 5.75 Å². The van der Waals surface area contributed by atoms with E-state index in [1.807, 2.05) is 25.1 Å². The van der Waals surface area contributed by atoms with Crippen LogP contribution in [0.1, 0.15) is 5.56 Å². The van der Waals surface area contributed by atoms with Gasteiger partial charge in [-0.15, -0.1) is 0 Å². The van der Waals surface area contributed by atoms with E-state index in [1.165, 1.54) is 12.1 Å². The van der Waals surface area contributed by atoms with Gasteiger partial charge in [0.25, 0.3) is 5.69 Å². The molecule has 0 heterocycles. The van der Waals surface area contributed by atoms with Crippen molar-refractivity contribution < 1.29 is 9.66 Å². The Morgan fingerprint density at radius 2 is 2.10 bits per heavy atom. The van der Waals surface area contributed by atoms with Gasteiger partial charge in [-0.05, 0) is 30.7 Å². The predicted molar refractivity (Wildman–Crippen MR) is 82.7 cm³/mol. The number of nitrogens with two attached hydrogens (primary N) is 1. The highest BCUT2D eigenvalue weighted by Gasteiger charge is 2.07. The second-order valence-electron chi connectivity index (χ2n) is 4.66. The van der Waals surface area contributed by atoms with Crippen molar-refractivity contribution in [2.75, 3.05) is 24.2 Å². The molecule has 0 aliphatic carbocycles. The first-order valence-corrected chi connectivity index (χ1v) is 6.53. The van der Waals surface area contributed by atoms with Gasteiger partial charge in [0, 0.05) is 36.1 Å². The number of nitrogens with zero attached hydrogens (tertiary/aromatic N) is 1. The van der Waals surface area contributed by atoms with Gasteiger partial charge >= 0.3 is 0 Å². The largest absolute Gasteiger partial charge is 0.492 e. The number of hydrogen-bond donors (Lipinski definition) is 2. The molecule has 0 unspecified atom stereocenters. The highest BCUT2D eigenvalue weighted by Crippen LogP contribution is 2.20. The fourth-order valence-electron chi connectivity index (χ4n) is 1.94. The molecule has 2 aromatic carbocycles. The van der Waals surface area contributed by atoms with E-state index in [9.17, 15) is 10.1 Å². The van der Waals surface area contributed by atoms with Crippen LogP contribution in [-0.4, -0.2) is 18.1 Å². The number of rotatable bonds is 6. The van der Waals surface area contributed by atoms with Crippen LogP contribution in [0.5, 0.6) is 5.75 Å². The van der Waals surface area contributed by atoms with Crippen LogP contribution < -0.4 is 15.8 Å². The number of nitro benzene ring substituents is 1. The molecule has 0 radical (unpaired) electrons. The quantitative estimate of drug-likeness (QED) is 0.369. The van der Waals surface area contributed by atoms with Gasteiger partial charge in [-0.1, -0.05) is 6.07 Å². The molecule has 2 aromatic rings. The molecule has 3 N–H and O–H groups in total. The summed E-state index contributed by atoms with van der Waals surface area (Å²) in [6.07, 6.45) is 0. The van der Waals surface area contributed by atoms with Crippen LogP contribution >= 0.6 is 0 Å². The average Bonchev–Trinajstić information content (AvgIpc) is 2.43. The van der Waals surface area contributed by atoms with E-state index >= 15 is 0 Å². The summed E-state index contributed by atoms with van der Waals surface area (Å²) in [5.74, 6) is 0.701. The Kier molecular flexibility index (Phi) is 4.61. The third-order valence-corrected chi connectivity index (χ3v) is 2.83. The molecule has 0 aliphatic heterocycles. The molecule has 110 valence electrons. The van der Waals surface area contributed by atoms with Gasteiger partial charge in [0.15, 0.2) is 0 Å². The van der Waals surface area contributed by atoms with E-state index in [0.717, 1.165) is 5.56 Å². The molecule has 0 aromatic heterocycles. The van der Waals surface area contributed by atoms with E-state index in [4.69, 9.17) is 10.5 Å². The molecular weight excluding hydrogens is 270 g/mol. The number of benzene rings is 2. The zero-order chi connectivity index (χ0) is 15.2. The lowest BCUT2D eigenvalue weighted by Gasteiger charge is -2.09. The fourth-order valence-corrected chi connectivity index (χ4v) is 1.94. The fraction of sp³-hybridized carbons (Fsp3) is 0.200. The second kappa shape index (κ2) is 6.60. The van der Waals surface area contributed by atoms with Crippen LogP contribution in [0.15, 0.2) is 42.5 Å². The molecule has 0 saturated carbocycles. The number of nitro groups is 1. The van der Waals surface area contributed by atoms with Gasteiger partial charge in [0.2, 0.25) is 0 Å².